The van der Waals surface area contributed by atoms with Crippen LogP contribution in [0.3, 0.4) is 0 Å². The van der Waals surface area contributed by atoms with Crippen molar-refractivity contribution in [2.45, 2.75) is 56.6 Å². The van der Waals surface area contributed by atoms with E-state index in [0.717, 1.165) is 35.7 Å². The van der Waals surface area contributed by atoms with Gasteiger partial charge in [-0.15, -0.1) is 0 Å². The van der Waals surface area contributed by atoms with Gasteiger partial charge in [0.1, 0.15) is 0 Å². The van der Waals surface area contributed by atoms with Crippen molar-refractivity contribution in [1.29, 1.82) is 0 Å². The number of ether oxygens (including phenoxy) is 1. The fourth-order valence-corrected chi connectivity index (χ4v) is 4.98. The second kappa shape index (κ2) is 8.81. The predicted octanol–water partition coefficient (Wildman–Crippen LogP) is 6.11. The van der Waals surface area contributed by atoms with Gasteiger partial charge in [-0.25, -0.2) is 4.98 Å². The second-order valence-corrected chi connectivity index (χ2v) is 9.11. The smallest absolute Gasteiger partial charge is 0.378 e. The van der Waals surface area contributed by atoms with Crippen molar-refractivity contribution in [3.05, 3.63) is 46.1 Å². The van der Waals surface area contributed by atoms with Crippen molar-refractivity contribution in [2.75, 3.05) is 18.1 Å². The van der Waals surface area contributed by atoms with E-state index < -0.39 is 36.0 Å². The molecule has 2 aliphatic heterocycles. The number of nitrogens with one attached hydrogen (secondary N) is 1. The molecular weight excluding hydrogens is 500 g/mol. The third-order valence-corrected chi connectivity index (χ3v) is 6.60. The molecular formula is C22H20ClF6N5O. The van der Waals surface area contributed by atoms with Crippen LogP contribution >= 0.6 is 11.6 Å². The molecule has 6 nitrogen and oxygen atoms in total. The Labute approximate surface area is 200 Å². The fraction of sp³-hybridized carbons (Fsp3) is 0.500. The van der Waals surface area contributed by atoms with Gasteiger partial charge in [0.15, 0.2) is 0 Å². The van der Waals surface area contributed by atoms with E-state index in [-0.39, 0.29) is 12.6 Å². The van der Waals surface area contributed by atoms with E-state index in [1.807, 2.05) is 0 Å². The van der Waals surface area contributed by atoms with Crippen molar-refractivity contribution in [2.24, 2.45) is 0 Å². The average molecular weight is 520 g/mol. The van der Waals surface area contributed by atoms with Crippen LogP contribution < -0.4 is 4.90 Å². The van der Waals surface area contributed by atoms with Crippen molar-refractivity contribution < 1.29 is 31.1 Å². The number of alkyl halides is 6. The van der Waals surface area contributed by atoms with Gasteiger partial charge in [-0.05, 0) is 55.9 Å². The molecule has 13 heteroatoms. The second-order valence-electron chi connectivity index (χ2n) is 8.67. The number of aromatic amines is 1. The summed E-state index contributed by atoms with van der Waals surface area (Å²) in [6, 6.07) is 4.67. The number of nitrogens with zero attached hydrogens (tertiary/aromatic N) is 4. The van der Waals surface area contributed by atoms with E-state index in [1.165, 1.54) is 4.90 Å². The number of rotatable bonds is 3. The zero-order valence-electron chi connectivity index (χ0n) is 18.2. The van der Waals surface area contributed by atoms with Crippen LogP contribution in [-0.4, -0.2) is 39.2 Å². The first kappa shape index (κ1) is 24.1. The van der Waals surface area contributed by atoms with Gasteiger partial charge in [0.05, 0.1) is 12.1 Å². The quantitative estimate of drug-likeness (QED) is 0.423. The molecule has 0 spiro atoms. The number of H-pyrrole nitrogens is 1. The molecule has 3 aromatic rings. The number of halogens is 7. The van der Waals surface area contributed by atoms with Gasteiger partial charge < -0.3 is 14.6 Å². The summed E-state index contributed by atoms with van der Waals surface area (Å²) in [7, 11) is 0. The first-order valence-corrected chi connectivity index (χ1v) is 11.5. The summed E-state index contributed by atoms with van der Waals surface area (Å²) in [5.74, 6) is -4.42. The van der Waals surface area contributed by atoms with Crippen LogP contribution in [0.2, 0.25) is 5.02 Å². The van der Waals surface area contributed by atoms with Crippen LogP contribution in [-0.2, 0) is 23.5 Å². The maximum Gasteiger partial charge on any atom is 0.451 e. The van der Waals surface area contributed by atoms with Gasteiger partial charge in [0.2, 0.25) is 17.6 Å². The Morgan fingerprint density at radius 1 is 1.03 bits per heavy atom. The molecule has 1 aromatic carbocycles. The van der Waals surface area contributed by atoms with E-state index in [2.05, 4.69) is 19.9 Å². The zero-order chi connectivity index (χ0) is 25.0. The summed E-state index contributed by atoms with van der Waals surface area (Å²) in [5, 5.41) is 1.39. The summed E-state index contributed by atoms with van der Waals surface area (Å²) < 4.78 is 86.3. The molecule has 0 unspecified atom stereocenters. The molecule has 1 N–H and O–H groups in total. The number of hydrogen-bond acceptors (Lipinski definition) is 5. The largest absolute Gasteiger partial charge is 0.451 e. The Hall–Kier alpha value is -2.60. The Morgan fingerprint density at radius 3 is 2.37 bits per heavy atom. The zero-order valence-corrected chi connectivity index (χ0v) is 18.9. The minimum atomic E-state index is -5.17. The van der Waals surface area contributed by atoms with Crippen LogP contribution in [0.1, 0.15) is 54.6 Å². The number of hydrogen-bond donors (Lipinski definition) is 1. The van der Waals surface area contributed by atoms with Gasteiger partial charge in [-0.1, -0.05) is 11.6 Å². The van der Waals surface area contributed by atoms with Gasteiger partial charge >= 0.3 is 12.4 Å². The highest BCUT2D eigenvalue weighted by Crippen LogP contribution is 2.41. The number of benzene rings is 1. The minimum absolute atomic E-state index is 0.114. The van der Waals surface area contributed by atoms with Crippen LogP contribution in [0, 0.1) is 0 Å². The highest BCUT2D eigenvalue weighted by atomic mass is 35.5. The molecule has 0 aliphatic carbocycles. The molecule has 2 aliphatic rings. The van der Waals surface area contributed by atoms with Gasteiger partial charge in [0, 0.05) is 34.8 Å². The molecule has 0 saturated carbocycles. The lowest BCUT2D eigenvalue weighted by molar-refractivity contribution is -0.155. The first-order chi connectivity index (χ1) is 16.5. The van der Waals surface area contributed by atoms with Crippen LogP contribution in [0.4, 0.5) is 32.3 Å². The lowest BCUT2D eigenvalue weighted by atomic mass is 9.92. The van der Waals surface area contributed by atoms with E-state index in [0.29, 0.717) is 30.2 Å². The lowest BCUT2D eigenvalue weighted by Crippen LogP contribution is -2.40. The van der Waals surface area contributed by atoms with Crippen LogP contribution in [0.15, 0.2) is 18.2 Å². The molecule has 1 fully saturated rings. The van der Waals surface area contributed by atoms with E-state index in [1.54, 1.807) is 18.2 Å². The van der Waals surface area contributed by atoms with Crippen molar-refractivity contribution in [1.82, 2.24) is 19.9 Å². The van der Waals surface area contributed by atoms with E-state index >= 15 is 0 Å². The Balaban J connectivity index is 1.63. The number of anilines is 1. The maximum atomic E-state index is 13.4. The Kier molecular flexibility index (Phi) is 6.07. The Bertz CT molecular complexity index is 1210. The van der Waals surface area contributed by atoms with Crippen LogP contribution in [0.25, 0.3) is 10.9 Å². The fourth-order valence-electron chi connectivity index (χ4n) is 4.81. The summed E-state index contributed by atoms with van der Waals surface area (Å²) >= 11 is 6.17. The average Bonchev–Trinajstić information content (AvgIpc) is 3.17. The molecule has 0 amide bonds. The highest BCUT2D eigenvalue weighted by Gasteiger charge is 2.43. The predicted molar refractivity (Wildman–Crippen MR) is 115 cm³/mol. The maximum absolute atomic E-state index is 13.4. The first-order valence-electron chi connectivity index (χ1n) is 11.1. The topological polar surface area (TPSA) is 66.9 Å². The molecule has 35 heavy (non-hydrogen) atoms. The summed E-state index contributed by atoms with van der Waals surface area (Å²) in [6.07, 6.45) is -7.27. The monoisotopic (exact) mass is 519 g/mol. The lowest BCUT2D eigenvalue weighted by Gasteiger charge is -2.38. The van der Waals surface area contributed by atoms with Gasteiger partial charge in [0.25, 0.3) is 0 Å². The molecule has 5 rings (SSSR count). The number of aromatic nitrogens is 4. The summed E-state index contributed by atoms with van der Waals surface area (Å²) in [6.45, 7) is 0.664. The molecule has 1 saturated heterocycles. The Morgan fingerprint density at radius 2 is 1.74 bits per heavy atom. The third-order valence-electron chi connectivity index (χ3n) is 6.36. The van der Waals surface area contributed by atoms with Crippen molar-refractivity contribution in [3.8, 4) is 0 Å². The third kappa shape index (κ3) is 4.77. The molecule has 0 radical (unpaired) electrons. The minimum Gasteiger partial charge on any atom is -0.378 e. The van der Waals surface area contributed by atoms with Crippen molar-refractivity contribution in [3.63, 3.8) is 0 Å². The molecule has 4 heterocycles. The van der Waals surface area contributed by atoms with E-state index in [4.69, 9.17) is 16.3 Å². The highest BCUT2D eigenvalue weighted by molar-refractivity contribution is 6.31. The summed E-state index contributed by atoms with van der Waals surface area (Å²) in [4.78, 5) is 14.2. The van der Waals surface area contributed by atoms with Crippen molar-refractivity contribution >= 4 is 28.5 Å². The molecule has 0 bridgehead atoms. The van der Waals surface area contributed by atoms with Gasteiger partial charge in [-0.2, -0.15) is 36.3 Å². The SMILES string of the molecule is FC(F)(F)c1nc(N2CCc3c([nH]c4ccc(Cl)cc34)[C@@H]2C[C@@H]2CCCCO2)nc(C(F)(F)F)n1. The normalized spacial score (nSPS) is 21.4. The molecule has 2 aromatic heterocycles. The molecule has 2 atom stereocenters. The van der Waals surface area contributed by atoms with Crippen LogP contribution in [0.5, 0.6) is 0 Å². The summed E-state index contributed by atoms with van der Waals surface area (Å²) in [5.41, 5.74) is 2.38. The standard InChI is InChI=1S/C22H20ClF6N5O/c23-11-4-5-15-14(9-11)13-6-7-34(16(17(13)30-15)10-12-3-1-2-8-35-12)20-32-18(21(24,25)26)31-19(33-20)22(27,28)29/h4-5,9,12,16,30H,1-3,6-8,10H2/t12-,16-/m0/s1. The van der Waals surface area contributed by atoms with Gasteiger partial charge in [-0.3, -0.25) is 0 Å². The number of fused-ring (bicyclic) bond motifs is 3. The molecule has 188 valence electrons. The van der Waals surface area contributed by atoms with E-state index in [9.17, 15) is 26.3 Å².